The van der Waals surface area contributed by atoms with E-state index in [0.717, 1.165) is 36.7 Å². The number of carbonyl (C=O) groups is 1. The number of nitrogens with zero attached hydrogens (tertiary/aromatic N) is 2. The Kier molecular flexibility index (Phi) is 4.02. The SMILES string of the molecule is Cn1c(=O)n(CC(=O)NC2CCC(O)CC2)c2ccccc21. The Labute approximate surface area is 128 Å². The van der Waals surface area contributed by atoms with Crippen molar-refractivity contribution in [3.63, 3.8) is 0 Å². The van der Waals surface area contributed by atoms with Crippen molar-refractivity contribution in [1.82, 2.24) is 14.5 Å². The summed E-state index contributed by atoms with van der Waals surface area (Å²) in [5.41, 5.74) is 1.40. The molecule has 3 rings (SSSR count). The molecule has 2 N–H and O–H groups in total. The molecule has 1 fully saturated rings. The molecule has 1 heterocycles. The first-order valence-corrected chi connectivity index (χ1v) is 7.68. The van der Waals surface area contributed by atoms with E-state index < -0.39 is 0 Å². The van der Waals surface area contributed by atoms with E-state index in [-0.39, 0.29) is 30.3 Å². The highest BCUT2D eigenvalue weighted by atomic mass is 16.3. The topological polar surface area (TPSA) is 76.3 Å². The molecule has 1 aliphatic rings. The van der Waals surface area contributed by atoms with Gasteiger partial charge >= 0.3 is 5.69 Å². The number of imidazole rings is 1. The van der Waals surface area contributed by atoms with E-state index in [1.807, 2.05) is 24.3 Å². The zero-order valence-electron chi connectivity index (χ0n) is 12.7. The fourth-order valence-electron chi connectivity index (χ4n) is 3.15. The van der Waals surface area contributed by atoms with Crippen LogP contribution in [0, 0.1) is 0 Å². The summed E-state index contributed by atoms with van der Waals surface area (Å²) < 4.78 is 3.06. The number of aryl methyl sites for hydroxylation is 1. The Balaban J connectivity index is 1.75. The summed E-state index contributed by atoms with van der Waals surface area (Å²) in [6.45, 7) is 0.0270. The summed E-state index contributed by atoms with van der Waals surface area (Å²) in [5, 5.41) is 12.5. The number of para-hydroxylation sites is 2. The second-order valence-electron chi connectivity index (χ2n) is 5.99. The molecule has 1 aliphatic carbocycles. The molecule has 2 aromatic rings. The maximum atomic E-state index is 12.3. The van der Waals surface area contributed by atoms with E-state index in [1.165, 1.54) is 4.57 Å². The van der Waals surface area contributed by atoms with Crippen LogP contribution in [0.5, 0.6) is 0 Å². The van der Waals surface area contributed by atoms with Crippen LogP contribution >= 0.6 is 0 Å². The van der Waals surface area contributed by atoms with Crippen molar-refractivity contribution in [2.24, 2.45) is 7.05 Å². The smallest absolute Gasteiger partial charge is 0.329 e. The first-order chi connectivity index (χ1) is 10.6. The number of rotatable bonds is 3. The molecule has 0 aliphatic heterocycles. The van der Waals surface area contributed by atoms with Crippen molar-refractivity contribution in [2.45, 2.75) is 44.4 Å². The molecular weight excluding hydrogens is 282 g/mol. The lowest BCUT2D eigenvalue weighted by molar-refractivity contribution is -0.122. The summed E-state index contributed by atoms with van der Waals surface area (Å²) in [5.74, 6) is -0.153. The summed E-state index contributed by atoms with van der Waals surface area (Å²) in [6.07, 6.45) is 2.78. The van der Waals surface area contributed by atoms with Gasteiger partial charge in [0.25, 0.3) is 0 Å². The predicted octanol–water partition coefficient (Wildman–Crippen LogP) is 0.760. The molecule has 0 atom stereocenters. The third kappa shape index (κ3) is 2.78. The molecule has 118 valence electrons. The Hall–Kier alpha value is -2.08. The average molecular weight is 303 g/mol. The highest BCUT2D eigenvalue weighted by Gasteiger charge is 2.21. The average Bonchev–Trinajstić information content (AvgIpc) is 2.75. The van der Waals surface area contributed by atoms with Crippen LogP contribution in [0.3, 0.4) is 0 Å². The molecule has 1 saturated carbocycles. The van der Waals surface area contributed by atoms with Gasteiger partial charge in [-0.2, -0.15) is 0 Å². The van der Waals surface area contributed by atoms with Crippen LogP contribution in [0.4, 0.5) is 0 Å². The fraction of sp³-hybridized carbons (Fsp3) is 0.500. The summed E-state index contributed by atoms with van der Waals surface area (Å²) >= 11 is 0. The number of hydrogen-bond donors (Lipinski definition) is 2. The molecule has 1 aromatic heterocycles. The van der Waals surface area contributed by atoms with Crippen LogP contribution < -0.4 is 11.0 Å². The number of carbonyl (C=O) groups excluding carboxylic acids is 1. The Bertz CT molecular complexity index is 739. The molecule has 6 nitrogen and oxygen atoms in total. The minimum Gasteiger partial charge on any atom is -0.393 e. The van der Waals surface area contributed by atoms with Gasteiger partial charge in [-0.1, -0.05) is 12.1 Å². The minimum absolute atomic E-state index is 0.0270. The van der Waals surface area contributed by atoms with Crippen LogP contribution in [0.1, 0.15) is 25.7 Å². The third-order valence-corrected chi connectivity index (χ3v) is 4.42. The van der Waals surface area contributed by atoms with Crippen molar-refractivity contribution >= 4 is 16.9 Å². The number of benzene rings is 1. The van der Waals surface area contributed by atoms with Crippen LogP contribution in [0.15, 0.2) is 29.1 Å². The van der Waals surface area contributed by atoms with Crippen molar-refractivity contribution < 1.29 is 9.90 Å². The number of hydrogen-bond acceptors (Lipinski definition) is 3. The normalized spacial score (nSPS) is 21.9. The third-order valence-electron chi connectivity index (χ3n) is 4.42. The van der Waals surface area contributed by atoms with Crippen LogP contribution in [-0.2, 0) is 18.4 Å². The Morgan fingerprint density at radius 3 is 2.55 bits per heavy atom. The van der Waals surface area contributed by atoms with E-state index in [9.17, 15) is 14.7 Å². The van der Waals surface area contributed by atoms with Gasteiger partial charge in [0.05, 0.1) is 17.1 Å². The second-order valence-corrected chi connectivity index (χ2v) is 5.99. The molecule has 0 saturated heterocycles. The van der Waals surface area contributed by atoms with Crippen LogP contribution in [0.25, 0.3) is 11.0 Å². The van der Waals surface area contributed by atoms with Gasteiger partial charge in [-0.3, -0.25) is 13.9 Å². The Morgan fingerprint density at radius 2 is 1.86 bits per heavy atom. The highest BCUT2D eigenvalue weighted by Crippen LogP contribution is 2.18. The molecule has 0 bridgehead atoms. The van der Waals surface area contributed by atoms with Crippen molar-refractivity contribution in [2.75, 3.05) is 0 Å². The summed E-state index contributed by atoms with van der Waals surface area (Å²) in [7, 11) is 1.71. The Morgan fingerprint density at radius 1 is 1.23 bits per heavy atom. The van der Waals surface area contributed by atoms with Gasteiger partial charge in [0.2, 0.25) is 5.91 Å². The zero-order chi connectivity index (χ0) is 15.7. The molecular formula is C16H21N3O3. The van der Waals surface area contributed by atoms with Gasteiger partial charge in [0.1, 0.15) is 6.54 Å². The lowest BCUT2D eigenvalue weighted by Crippen LogP contribution is -2.41. The van der Waals surface area contributed by atoms with Crippen LogP contribution in [-0.4, -0.2) is 32.3 Å². The maximum absolute atomic E-state index is 12.3. The molecule has 0 radical (unpaired) electrons. The van der Waals surface area contributed by atoms with Crippen molar-refractivity contribution in [1.29, 1.82) is 0 Å². The number of amides is 1. The number of aliphatic hydroxyl groups is 1. The van der Waals surface area contributed by atoms with Gasteiger partial charge in [-0.15, -0.1) is 0 Å². The first-order valence-electron chi connectivity index (χ1n) is 7.68. The van der Waals surface area contributed by atoms with Gasteiger partial charge < -0.3 is 10.4 Å². The molecule has 6 heteroatoms. The quantitative estimate of drug-likeness (QED) is 0.879. The van der Waals surface area contributed by atoms with Gasteiger partial charge in [-0.25, -0.2) is 4.79 Å². The summed E-state index contributed by atoms with van der Waals surface area (Å²) in [6, 6.07) is 7.55. The number of aliphatic hydroxyl groups excluding tert-OH is 1. The predicted molar refractivity (Wildman–Crippen MR) is 83.6 cm³/mol. The van der Waals surface area contributed by atoms with E-state index in [4.69, 9.17) is 0 Å². The maximum Gasteiger partial charge on any atom is 0.329 e. The van der Waals surface area contributed by atoms with Crippen molar-refractivity contribution in [3.8, 4) is 0 Å². The number of fused-ring (bicyclic) bond motifs is 1. The molecule has 1 amide bonds. The highest BCUT2D eigenvalue weighted by molar-refractivity contribution is 5.81. The van der Waals surface area contributed by atoms with E-state index in [1.54, 1.807) is 11.6 Å². The molecule has 0 spiro atoms. The molecule has 0 unspecified atom stereocenters. The summed E-state index contributed by atoms with van der Waals surface area (Å²) in [4.78, 5) is 24.5. The monoisotopic (exact) mass is 303 g/mol. The van der Waals surface area contributed by atoms with E-state index in [0.29, 0.717) is 0 Å². The van der Waals surface area contributed by atoms with Gasteiger partial charge in [0.15, 0.2) is 0 Å². The molecule has 22 heavy (non-hydrogen) atoms. The van der Waals surface area contributed by atoms with Gasteiger partial charge in [0, 0.05) is 13.1 Å². The van der Waals surface area contributed by atoms with E-state index in [2.05, 4.69) is 5.32 Å². The lowest BCUT2D eigenvalue weighted by Gasteiger charge is -2.26. The second kappa shape index (κ2) is 5.96. The molecule has 1 aromatic carbocycles. The van der Waals surface area contributed by atoms with Crippen LogP contribution in [0.2, 0.25) is 0 Å². The minimum atomic E-state index is -0.242. The lowest BCUT2D eigenvalue weighted by atomic mass is 9.93. The van der Waals surface area contributed by atoms with Gasteiger partial charge in [-0.05, 0) is 37.8 Å². The zero-order valence-corrected chi connectivity index (χ0v) is 12.7. The standard InChI is InChI=1S/C16H21N3O3/c1-18-13-4-2-3-5-14(13)19(16(18)22)10-15(21)17-11-6-8-12(20)9-7-11/h2-5,11-12,20H,6-10H2,1H3,(H,17,21). The number of aromatic nitrogens is 2. The largest absolute Gasteiger partial charge is 0.393 e. The first kappa shape index (κ1) is 14.8. The van der Waals surface area contributed by atoms with E-state index >= 15 is 0 Å². The fourth-order valence-corrected chi connectivity index (χ4v) is 3.15. The number of nitrogens with one attached hydrogen (secondary N) is 1. The van der Waals surface area contributed by atoms with Crippen molar-refractivity contribution in [3.05, 3.63) is 34.7 Å².